The number of methoxy groups -OCH3 is 1. The van der Waals surface area contributed by atoms with Crippen LogP contribution in [0.2, 0.25) is 0 Å². The van der Waals surface area contributed by atoms with Crippen LogP contribution in [-0.4, -0.2) is 32.1 Å². The second-order valence-electron chi connectivity index (χ2n) is 7.10. The van der Waals surface area contributed by atoms with Crippen molar-refractivity contribution in [2.75, 3.05) is 25.6 Å². The molecule has 1 fully saturated rings. The molecule has 5 heteroatoms. The average Bonchev–Trinajstić information content (AvgIpc) is 2.58. The molecule has 0 radical (unpaired) electrons. The lowest BCUT2D eigenvalue weighted by molar-refractivity contribution is -0.128. The summed E-state index contributed by atoms with van der Waals surface area (Å²) in [7, 11) is 1.62. The fourth-order valence-electron chi connectivity index (χ4n) is 3.64. The number of anilines is 1. The van der Waals surface area contributed by atoms with Gasteiger partial charge in [0.15, 0.2) is 0 Å². The van der Waals surface area contributed by atoms with E-state index in [0.717, 1.165) is 42.5 Å². The minimum atomic E-state index is -0.0110. The van der Waals surface area contributed by atoms with E-state index in [9.17, 15) is 9.59 Å². The van der Waals surface area contributed by atoms with E-state index in [1.54, 1.807) is 7.11 Å². The summed E-state index contributed by atoms with van der Waals surface area (Å²) < 4.78 is 4.94. The smallest absolute Gasteiger partial charge is 0.227 e. The van der Waals surface area contributed by atoms with Gasteiger partial charge in [-0.15, -0.1) is 0 Å². The lowest BCUT2D eigenvalue weighted by Crippen LogP contribution is -2.36. The summed E-state index contributed by atoms with van der Waals surface area (Å²) in [4.78, 5) is 24.7. The SMILES string of the molecule is COCCNC(=O)C1CCC(C(=O)Nc2c(C)cc(C)cc2C)CC1. The quantitative estimate of drug-likeness (QED) is 0.778. The van der Waals surface area contributed by atoms with Gasteiger partial charge in [-0.2, -0.15) is 0 Å². The molecule has 0 unspecified atom stereocenters. The molecule has 2 amide bonds. The summed E-state index contributed by atoms with van der Waals surface area (Å²) >= 11 is 0. The molecular formula is C20H30N2O3. The molecule has 0 aliphatic heterocycles. The van der Waals surface area contributed by atoms with Crippen LogP contribution in [-0.2, 0) is 14.3 Å². The van der Waals surface area contributed by atoms with Crippen LogP contribution in [0.15, 0.2) is 12.1 Å². The van der Waals surface area contributed by atoms with Crippen LogP contribution in [0.1, 0.15) is 42.4 Å². The second-order valence-corrected chi connectivity index (χ2v) is 7.10. The molecule has 1 saturated carbocycles. The Balaban J connectivity index is 1.86. The van der Waals surface area contributed by atoms with Crippen LogP contribution < -0.4 is 10.6 Å². The van der Waals surface area contributed by atoms with Gasteiger partial charge in [0.05, 0.1) is 6.61 Å². The second kappa shape index (κ2) is 8.99. The van der Waals surface area contributed by atoms with E-state index in [1.165, 1.54) is 5.56 Å². The van der Waals surface area contributed by atoms with Gasteiger partial charge in [0.1, 0.15) is 0 Å². The molecule has 25 heavy (non-hydrogen) atoms. The maximum atomic E-state index is 12.6. The standard InChI is InChI=1S/C20H30N2O3/c1-13-11-14(2)18(15(3)12-13)22-20(24)17-7-5-16(6-8-17)19(23)21-9-10-25-4/h11-12,16-17H,5-10H2,1-4H3,(H,21,23)(H,22,24). The first-order valence-electron chi connectivity index (χ1n) is 9.07. The van der Waals surface area contributed by atoms with Gasteiger partial charge in [-0.3, -0.25) is 9.59 Å². The zero-order valence-corrected chi connectivity index (χ0v) is 15.8. The maximum Gasteiger partial charge on any atom is 0.227 e. The Hall–Kier alpha value is -1.88. The fourth-order valence-corrected chi connectivity index (χ4v) is 3.64. The number of rotatable bonds is 6. The Kier molecular flexibility index (Phi) is 7.00. The Bertz CT molecular complexity index is 596. The highest BCUT2D eigenvalue weighted by molar-refractivity contribution is 5.94. The molecule has 138 valence electrons. The minimum Gasteiger partial charge on any atom is -0.383 e. The zero-order chi connectivity index (χ0) is 18.4. The molecule has 0 atom stereocenters. The molecule has 0 heterocycles. The van der Waals surface area contributed by atoms with Crippen molar-refractivity contribution < 1.29 is 14.3 Å². The Morgan fingerprint density at radius 3 is 2.04 bits per heavy atom. The molecule has 0 spiro atoms. The van der Waals surface area contributed by atoms with E-state index in [1.807, 2.05) is 13.8 Å². The van der Waals surface area contributed by atoms with Gasteiger partial charge in [-0.25, -0.2) is 0 Å². The Morgan fingerprint density at radius 1 is 1.00 bits per heavy atom. The first-order chi connectivity index (χ1) is 11.9. The zero-order valence-electron chi connectivity index (χ0n) is 15.8. The topological polar surface area (TPSA) is 67.4 Å². The van der Waals surface area contributed by atoms with Crippen molar-refractivity contribution in [3.63, 3.8) is 0 Å². The maximum absolute atomic E-state index is 12.6. The fraction of sp³-hybridized carbons (Fsp3) is 0.600. The van der Waals surface area contributed by atoms with Crippen molar-refractivity contribution in [3.05, 3.63) is 28.8 Å². The Labute approximate surface area is 150 Å². The van der Waals surface area contributed by atoms with Gasteiger partial charge in [0.2, 0.25) is 11.8 Å². The summed E-state index contributed by atoms with van der Waals surface area (Å²) in [6.07, 6.45) is 3.06. The summed E-state index contributed by atoms with van der Waals surface area (Å²) in [6, 6.07) is 4.17. The van der Waals surface area contributed by atoms with Gasteiger partial charge in [0, 0.05) is 31.2 Å². The average molecular weight is 346 g/mol. The van der Waals surface area contributed by atoms with Crippen molar-refractivity contribution in [2.24, 2.45) is 11.8 Å². The van der Waals surface area contributed by atoms with Crippen LogP contribution in [0.3, 0.4) is 0 Å². The number of ether oxygens (including phenoxy) is 1. The Morgan fingerprint density at radius 2 is 1.52 bits per heavy atom. The van der Waals surface area contributed by atoms with Crippen LogP contribution >= 0.6 is 0 Å². The molecule has 1 aromatic rings. The monoisotopic (exact) mass is 346 g/mol. The predicted octanol–water partition coefficient (Wildman–Crippen LogP) is 3.12. The van der Waals surface area contributed by atoms with Crippen molar-refractivity contribution in [2.45, 2.75) is 46.5 Å². The van der Waals surface area contributed by atoms with E-state index in [-0.39, 0.29) is 23.7 Å². The van der Waals surface area contributed by atoms with Gasteiger partial charge in [-0.1, -0.05) is 17.7 Å². The van der Waals surface area contributed by atoms with Gasteiger partial charge >= 0.3 is 0 Å². The number of carbonyl (C=O) groups excluding carboxylic acids is 2. The number of benzene rings is 1. The molecule has 1 aromatic carbocycles. The van der Waals surface area contributed by atoms with E-state index in [2.05, 4.69) is 29.7 Å². The first kappa shape index (κ1) is 19.4. The highest BCUT2D eigenvalue weighted by atomic mass is 16.5. The molecule has 1 aliphatic rings. The van der Waals surface area contributed by atoms with Gasteiger partial charge in [0.25, 0.3) is 0 Å². The van der Waals surface area contributed by atoms with E-state index in [4.69, 9.17) is 4.74 Å². The molecule has 2 rings (SSSR count). The predicted molar refractivity (Wildman–Crippen MR) is 99.6 cm³/mol. The van der Waals surface area contributed by atoms with Gasteiger partial charge in [-0.05, 0) is 57.6 Å². The van der Waals surface area contributed by atoms with E-state index < -0.39 is 0 Å². The summed E-state index contributed by atoms with van der Waals surface area (Å²) in [5.74, 6) is 0.168. The van der Waals surface area contributed by atoms with Gasteiger partial charge < -0.3 is 15.4 Å². The lowest BCUT2D eigenvalue weighted by Gasteiger charge is -2.27. The number of nitrogens with one attached hydrogen (secondary N) is 2. The summed E-state index contributed by atoms with van der Waals surface area (Å²) in [5, 5.41) is 6.00. The summed E-state index contributed by atoms with van der Waals surface area (Å²) in [6.45, 7) is 7.18. The number of amides is 2. The number of hydrogen-bond donors (Lipinski definition) is 2. The number of aryl methyl sites for hydroxylation is 3. The molecule has 0 bridgehead atoms. The third-order valence-corrected chi connectivity index (χ3v) is 5.00. The molecule has 2 N–H and O–H groups in total. The third kappa shape index (κ3) is 5.30. The largest absolute Gasteiger partial charge is 0.383 e. The highest BCUT2D eigenvalue weighted by Crippen LogP contribution is 2.31. The van der Waals surface area contributed by atoms with Crippen molar-refractivity contribution in [1.29, 1.82) is 0 Å². The summed E-state index contributed by atoms with van der Waals surface area (Å²) in [5.41, 5.74) is 4.32. The molecule has 0 aromatic heterocycles. The van der Waals surface area contributed by atoms with Crippen molar-refractivity contribution in [3.8, 4) is 0 Å². The lowest BCUT2D eigenvalue weighted by atomic mass is 9.81. The molecule has 5 nitrogen and oxygen atoms in total. The molecule has 0 saturated heterocycles. The van der Waals surface area contributed by atoms with Crippen LogP contribution in [0, 0.1) is 32.6 Å². The van der Waals surface area contributed by atoms with Crippen molar-refractivity contribution in [1.82, 2.24) is 5.32 Å². The van der Waals surface area contributed by atoms with Crippen LogP contribution in [0.25, 0.3) is 0 Å². The van der Waals surface area contributed by atoms with E-state index in [0.29, 0.717) is 13.2 Å². The van der Waals surface area contributed by atoms with Crippen LogP contribution in [0.5, 0.6) is 0 Å². The van der Waals surface area contributed by atoms with Crippen molar-refractivity contribution >= 4 is 17.5 Å². The molecular weight excluding hydrogens is 316 g/mol. The third-order valence-electron chi connectivity index (χ3n) is 5.00. The van der Waals surface area contributed by atoms with E-state index >= 15 is 0 Å². The minimum absolute atomic E-state index is 0.0110. The highest BCUT2D eigenvalue weighted by Gasteiger charge is 2.30. The van der Waals surface area contributed by atoms with Crippen LogP contribution in [0.4, 0.5) is 5.69 Å². The number of hydrogen-bond acceptors (Lipinski definition) is 3. The molecule has 1 aliphatic carbocycles. The normalized spacial score (nSPS) is 20.2. The first-order valence-corrected chi connectivity index (χ1v) is 9.07. The number of carbonyl (C=O) groups is 2.